The quantitative estimate of drug-likeness (QED) is 0.755. The molecule has 1 nitrogen and oxygen atoms in total. The van der Waals surface area contributed by atoms with Crippen LogP contribution in [0.4, 0.5) is 0 Å². The van der Waals surface area contributed by atoms with E-state index in [1.807, 2.05) is 12.1 Å². The first-order valence-electron chi connectivity index (χ1n) is 7.48. The summed E-state index contributed by atoms with van der Waals surface area (Å²) in [6.07, 6.45) is 4.02. The Bertz CT molecular complexity index is 585. The Balaban J connectivity index is 1.74. The number of rotatable bonds is 4. The van der Waals surface area contributed by atoms with Gasteiger partial charge >= 0.3 is 0 Å². The molecule has 20 heavy (non-hydrogen) atoms. The van der Waals surface area contributed by atoms with Crippen LogP contribution in [0.5, 0.6) is 0 Å². The molecule has 0 unspecified atom stereocenters. The average molecular weight is 264 g/mol. The highest BCUT2D eigenvalue weighted by Crippen LogP contribution is 2.29. The molecule has 0 fully saturated rings. The third-order valence-corrected chi connectivity index (χ3v) is 4.20. The number of benzene rings is 2. The van der Waals surface area contributed by atoms with Crippen LogP contribution in [0.1, 0.15) is 40.4 Å². The van der Waals surface area contributed by atoms with Crippen LogP contribution >= 0.6 is 0 Å². The van der Waals surface area contributed by atoms with E-state index in [9.17, 15) is 4.79 Å². The van der Waals surface area contributed by atoms with Crippen LogP contribution in [-0.4, -0.2) is 5.78 Å². The lowest BCUT2D eigenvalue weighted by Gasteiger charge is -2.08. The zero-order valence-electron chi connectivity index (χ0n) is 11.9. The Morgan fingerprint density at radius 3 is 2.15 bits per heavy atom. The fraction of sp³-hybridized carbons (Fsp3) is 0.316. The fourth-order valence-electron chi connectivity index (χ4n) is 3.10. The van der Waals surface area contributed by atoms with Crippen LogP contribution in [0, 0.1) is 5.92 Å². The molecule has 0 aromatic heterocycles. The molecule has 0 saturated carbocycles. The summed E-state index contributed by atoms with van der Waals surface area (Å²) in [4.78, 5) is 12.6. The summed E-state index contributed by atoms with van der Waals surface area (Å²) in [5.41, 5.74) is 4.86. The summed E-state index contributed by atoms with van der Waals surface area (Å²) < 4.78 is 0. The molecule has 1 heteroatoms. The molecule has 0 saturated heterocycles. The lowest BCUT2D eigenvalue weighted by molar-refractivity contribution is 0.0924. The molecule has 2 aromatic carbocycles. The summed E-state index contributed by atoms with van der Waals surface area (Å²) in [5.74, 6) is 0.425. The van der Waals surface area contributed by atoms with Crippen molar-refractivity contribution in [2.45, 2.75) is 32.6 Å². The molecule has 0 aliphatic heterocycles. The van der Waals surface area contributed by atoms with E-state index < -0.39 is 0 Å². The second-order valence-electron chi connectivity index (χ2n) is 5.69. The maximum absolute atomic E-state index is 12.6. The largest absolute Gasteiger partial charge is 0.294 e. The van der Waals surface area contributed by atoms with E-state index in [0.29, 0.717) is 5.78 Å². The molecule has 0 heterocycles. The number of aryl methyl sites for hydroxylation is 1. The summed E-state index contributed by atoms with van der Waals surface area (Å²) in [6.45, 7) is 2.18. The predicted octanol–water partition coefficient (Wildman–Crippen LogP) is 4.24. The van der Waals surface area contributed by atoms with E-state index in [-0.39, 0.29) is 5.92 Å². The van der Waals surface area contributed by atoms with Gasteiger partial charge in [0.1, 0.15) is 0 Å². The highest BCUT2D eigenvalue weighted by atomic mass is 16.1. The lowest BCUT2D eigenvalue weighted by atomic mass is 9.94. The van der Waals surface area contributed by atoms with Crippen molar-refractivity contribution in [1.82, 2.24) is 0 Å². The number of Topliss-reactive ketones (excluding diaryl/α,β-unsaturated/α-hetero) is 1. The molecule has 0 spiro atoms. The highest BCUT2D eigenvalue weighted by Gasteiger charge is 2.27. The van der Waals surface area contributed by atoms with Crippen molar-refractivity contribution < 1.29 is 4.79 Å². The molecule has 0 atom stereocenters. The molecule has 0 radical (unpaired) electrons. The highest BCUT2D eigenvalue weighted by molar-refractivity contribution is 5.98. The molecule has 0 amide bonds. The van der Waals surface area contributed by atoms with Crippen LogP contribution in [0.3, 0.4) is 0 Å². The first-order valence-corrected chi connectivity index (χ1v) is 7.48. The molecule has 102 valence electrons. The van der Waals surface area contributed by atoms with Gasteiger partial charge in [0.25, 0.3) is 0 Å². The minimum absolute atomic E-state index is 0.129. The van der Waals surface area contributed by atoms with Crippen molar-refractivity contribution in [2.75, 3.05) is 0 Å². The second kappa shape index (κ2) is 5.62. The molecule has 0 N–H and O–H groups in total. The van der Waals surface area contributed by atoms with Crippen LogP contribution in [0.15, 0.2) is 48.5 Å². The van der Waals surface area contributed by atoms with Crippen molar-refractivity contribution in [3.63, 3.8) is 0 Å². The van der Waals surface area contributed by atoms with Gasteiger partial charge in [0.2, 0.25) is 0 Å². The molecule has 3 rings (SSSR count). The van der Waals surface area contributed by atoms with Crippen molar-refractivity contribution >= 4 is 5.78 Å². The van der Waals surface area contributed by atoms with Gasteiger partial charge in [0, 0.05) is 11.5 Å². The minimum atomic E-state index is 0.129. The van der Waals surface area contributed by atoms with Gasteiger partial charge in [-0.15, -0.1) is 0 Å². The standard InChI is InChI=1S/C19H20O/c1-2-5-14-8-10-15(11-9-14)19(20)18-12-16-6-3-4-7-17(16)13-18/h3-4,6-11,18H,2,5,12-13H2,1H3. The Labute approximate surface area is 120 Å². The van der Waals surface area contributed by atoms with Gasteiger partial charge in [-0.2, -0.15) is 0 Å². The Hall–Kier alpha value is -1.89. The van der Waals surface area contributed by atoms with E-state index in [0.717, 1.165) is 31.2 Å². The third kappa shape index (κ3) is 2.53. The van der Waals surface area contributed by atoms with Gasteiger partial charge in [-0.25, -0.2) is 0 Å². The maximum Gasteiger partial charge on any atom is 0.166 e. The van der Waals surface area contributed by atoms with Crippen molar-refractivity contribution in [1.29, 1.82) is 0 Å². The monoisotopic (exact) mass is 264 g/mol. The topological polar surface area (TPSA) is 17.1 Å². The molecule has 1 aliphatic carbocycles. The fourth-order valence-corrected chi connectivity index (χ4v) is 3.10. The number of carbonyl (C=O) groups is 1. The predicted molar refractivity (Wildman–Crippen MR) is 82.1 cm³/mol. The van der Waals surface area contributed by atoms with Crippen LogP contribution < -0.4 is 0 Å². The normalized spacial score (nSPS) is 14.2. The van der Waals surface area contributed by atoms with Crippen LogP contribution in [-0.2, 0) is 19.3 Å². The number of carbonyl (C=O) groups excluding carboxylic acids is 1. The summed E-state index contributed by atoms with van der Waals surface area (Å²) in [5, 5.41) is 0. The second-order valence-corrected chi connectivity index (χ2v) is 5.69. The Morgan fingerprint density at radius 2 is 1.60 bits per heavy atom. The van der Waals surface area contributed by atoms with Gasteiger partial charge in [-0.05, 0) is 36.0 Å². The zero-order valence-corrected chi connectivity index (χ0v) is 11.9. The molecule has 2 aromatic rings. The van der Waals surface area contributed by atoms with E-state index in [1.165, 1.54) is 16.7 Å². The van der Waals surface area contributed by atoms with Crippen LogP contribution in [0.2, 0.25) is 0 Å². The van der Waals surface area contributed by atoms with Gasteiger partial charge in [0.05, 0.1) is 0 Å². The smallest absolute Gasteiger partial charge is 0.166 e. The number of fused-ring (bicyclic) bond motifs is 1. The molecular formula is C19H20O. The third-order valence-electron chi connectivity index (χ3n) is 4.20. The Kier molecular flexibility index (Phi) is 3.68. The van der Waals surface area contributed by atoms with Crippen molar-refractivity contribution in [3.8, 4) is 0 Å². The first-order chi connectivity index (χ1) is 9.78. The number of hydrogen-bond acceptors (Lipinski definition) is 1. The molecule has 1 aliphatic rings. The van der Waals surface area contributed by atoms with E-state index in [2.05, 4.69) is 43.3 Å². The number of hydrogen-bond donors (Lipinski definition) is 0. The first kappa shape index (κ1) is 13.1. The average Bonchev–Trinajstić information content (AvgIpc) is 2.91. The minimum Gasteiger partial charge on any atom is -0.294 e. The van der Waals surface area contributed by atoms with E-state index in [4.69, 9.17) is 0 Å². The van der Waals surface area contributed by atoms with E-state index >= 15 is 0 Å². The summed E-state index contributed by atoms with van der Waals surface area (Å²) in [6, 6.07) is 16.6. The lowest BCUT2D eigenvalue weighted by Crippen LogP contribution is -2.14. The summed E-state index contributed by atoms with van der Waals surface area (Å²) >= 11 is 0. The molecular weight excluding hydrogens is 244 g/mol. The Morgan fingerprint density at radius 1 is 1.00 bits per heavy atom. The summed E-state index contributed by atoms with van der Waals surface area (Å²) in [7, 11) is 0. The number of ketones is 1. The van der Waals surface area contributed by atoms with Gasteiger partial charge in [-0.1, -0.05) is 61.9 Å². The van der Waals surface area contributed by atoms with Gasteiger partial charge in [0.15, 0.2) is 5.78 Å². The zero-order chi connectivity index (χ0) is 13.9. The van der Waals surface area contributed by atoms with Crippen LogP contribution in [0.25, 0.3) is 0 Å². The van der Waals surface area contributed by atoms with Gasteiger partial charge in [-0.3, -0.25) is 4.79 Å². The van der Waals surface area contributed by atoms with Crippen molar-refractivity contribution in [3.05, 3.63) is 70.8 Å². The van der Waals surface area contributed by atoms with Gasteiger partial charge < -0.3 is 0 Å². The SMILES string of the molecule is CCCc1ccc(C(=O)C2Cc3ccccc3C2)cc1. The molecule has 0 bridgehead atoms. The maximum atomic E-state index is 12.6. The van der Waals surface area contributed by atoms with E-state index in [1.54, 1.807) is 0 Å². The van der Waals surface area contributed by atoms with Crippen molar-refractivity contribution in [2.24, 2.45) is 5.92 Å².